The number of rotatable bonds is 4. The molecule has 0 radical (unpaired) electrons. The maximum absolute atomic E-state index is 12.2. The number of aromatic nitrogens is 1. The van der Waals surface area contributed by atoms with Crippen molar-refractivity contribution in [3.05, 3.63) is 21.8 Å². The Morgan fingerprint density at radius 2 is 2.09 bits per heavy atom. The van der Waals surface area contributed by atoms with Crippen LogP contribution in [0.3, 0.4) is 0 Å². The summed E-state index contributed by atoms with van der Waals surface area (Å²) in [5.41, 5.74) is 0. The second-order valence-electron chi connectivity index (χ2n) is 6.74. The minimum Gasteiger partial charge on any atom is -0.356 e. The van der Waals surface area contributed by atoms with Crippen LogP contribution in [0.2, 0.25) is 5.02 Å². The van der Waals surface area contributed by atoms with Crippen molar-refractivity contribution in [1.82, 2.24) is 9.88 Å². The van der Waals surface area contributed by atoms with Crippen molar-refractivity contribution < 1.29 is 4.79 Å². The summed E-state index contributed by atoms with van der Waals surface area (Å²) in [6.07, 6.45) is 7.26. The number of hydrogen-bond acceptors (Lipinski definition) is 3. The first kappa shape index (κ1) is 17.0. The Morgan fingerprint density at radius 1 is 1.39 bits per heavy atom. The molecule has 0 atom stereocenters. The van der Waals surface area contributed by atoms with Crippen molar-refractivity contribution >= 4 is 39.3 Å². The molecule has 1 saturated carbocycles. The van der Waals surface area contributed by atoms with Gasteiger partial charge in [-0.2, -0.15) is 0 Å². The molecule has 0 spiro atoms. The fourth-order valence-corrected chi connectivity index (χ4v) is 4.30. The van der Waals surface area contributed by atoms with Crippen LogP contribution in [0.5, 0.6) is 0 Å². The molecular weight excluding hydrogens is 378 g/mol. The SMILES string of the molecule is CN(CC1CCN(c2ncc(Cl)cc2Br)CC1)C(=O)C1CCC1. The fraction of sp³-hybridized carbons (Fsp3) is 0.647. The standard InChI is InChI=1S/C17H23BrClN3O/c1-21(17(23)13-3-2-4-13)11-12-5-7-22(8-6-12)16-15(18)9-14(19)10-20-16/h9-10,12-13H,2-8,11H2,1H3. The number of halogens is 2. The largest absolute Gasteiger partial charge is 0.356 e. The highest BCUT2D eigenvalue weighted by Gasteiger charge is 2.30. The first-order chi connectivity index (χ1) is 11.0. The topological polar surface area (TPSA) is 36.4 Å². The smallest absolute Gasteiger partial charge is 0.225 e. The normalized spacial score (nSPS) is 19.5. The van der Waals surface area contributed by atoms with Gasteiger partial charge in [0.25, 0.3) is 0 Å². The fourth-order valence-electron chi connectivity index (χ4n) is 3.41. The molecule has 2 aliphatic rings. The predicted molar refractivity (Wildman–Crippen MR) is 96.9 cm³/mol. The van der Waals surface area contributed by atoms with E-state index in [2.05, 4.69) is 25.8 Å². The molecule has 3 rings (SSSR count). The van der Waals surface area contributed by atoms with E-state index in [4.69, 9.17) is 11.6 Å². The lowest BCUT2D eigenvalue weighted by Crippen LogP contribution is -2.42. The third-order valence-corrected chi connectivity index (χ3v) is 5.86. The summed E-state index contributed by atoms with van der Waals surface area (Å²) in [6.45, 7) is 2.84. The third-order valence-electron chi connectivity index (χ3n) is 5.07. The van der Waals surface area contributed by atoms with E-state index in [0.29, 0.717) is 22.8 Å². The Hall–Kier alpha value is -0.810. The van der Waals surface area contributed by atoms with Gasteiger partial charge in [-0.3, -0.25) is 4.79 Å². The second-order valence-corrected chi connectivity index (χ2v) is 8.03. The zero-order chi connectivity index (χ0) is 16.4. The van der Waals surface area contributed by atoms with E-state index in [9.17, 15) is 4.79 Å². The molecule has 1 aromatic rings. The highest BCUT2D eigenvalue weighted by molar-refractivity contribution is 9.10. The molecular formula is C17H23BrClN3O. The molecule has 2 heterocycles. The monoisotopic (exact) mass is 399 g/mol. The average molecular weight is 401 g/mol. The van der Waals surface area contributed by atoms with Crippen molar-refractivity contribution in [2.24, 2.45) is 11.8 Å². The van der Waals surface area contributed by atoms with Crippen LogP contribution < -0.4 is 4.90 Å². The predicted octanol–water partition coefficient (Wildman–Crippen LogP) is 3.97. The van der Waals surface area contributed by atoms with E-state index < -0.39 is 0 Å². The maximum atomic E-state index is 12.2. The zero-order valence-corrected chi connectivity index (χ0v) is 15.8. The number of hydrogen-bond donors (Lipinski definition) is 0. The second kappa shape index (κ2) is 7.39. The molecule has 0 N–H and O–H groups in total. The molecule has 23 heavy (non-hydrogen) atoms. The number of carbonyl (C=O) groups excluding carboxylic acids is 1. The van der Waals surface area contributed by atoms with Crippen molar-refractivity contribution in [2.45, 2.75) is 32.1 Å². The van der Waals surface area contributed by atoms with Crippen molar-refractivity contribution in [3.63, 3.8) is 0 Å². The summed E-state index contributed by atoms with van der Waals surface area (Å²) in [4.78, 5) is 20.9. The van der Waals surface area contributed by atoms with Gasteiger partial charge in [0.1, 0.15) is 5.82 Å². The lowest BCUT2D eigenvalue weighted by Gasteiger charge is -2.36. The van der Waals surface area contributed by atoms with E-state index in [-0.39, 0.29) is 0 Å². The van der Waals surface area contributed by atoms with Crippen molar-refractivity contribution in [3.8, 4) is 0 Å². The maximum Gasteiger partial charge on any atom is 0.225 e. The van der Waals surface area contributed by atoms with Gasteiger partial charge in [0.15, 0.2) is 0 Å². The van der Waals surface area contributed by atoms with Crippen LogP contribution in [-0.4, -0.2) is 42.5 Å². The molecule has 126 valence electrons. The minimum absolute atomic E-state index is 0.300. The van der Waals surface area contributed by atoms with Gasteiger partial charge in [-0.15, -0.1) is 0 Å². The van der Waals surface area contributed by atoms with Crippen LogP contribution in [0.1, 0.15) is 32.1 Å². The molecule has 1 saturated heterocycles. The number of anilines is 1. The molecule has 0 aromatic carbocycles. The van der Waals surface area contributed by atoms with E-state index in [0.717, 1.165) is 55.6 Å². The molecule has 0 bridgehead atoms. The van der Waals surface area contributed by atoms with E-state index in [1.54, 1.807) is 6.20 Å². The first-order valence-electron chi connectivity index (χ1n) is 8.35. The van der Waals surface area contributed by atoms with Gasteiger partial charge in [0.2, 0.25) is 5.91 Å². The Bertz CT molecular complexity index is 571. The zero-order valence-electron chi connectivity index (χ0n) is 13.5. The van der Waals surface area contributed by atoms with Gasteiger partial charge < -0.3 is 9.80 Å². The highest BCUT2D eigenvalue weighted by Crippen LogP contribution is 2.31. The lowest BCUT2D eigenvalue weighted by atomic mass is 9.84. The van der Waals surface area contributed by atoms with Crippen LogP contribution in [-0.2, 0) is 4.79 Å². The molecule has 1 aliphatic heterocycles. The lowest BCUT2D eigenvalue weighted by molar-refractivity contribution is -0.137. The molecule has 2 fully saturated rings. The average Bonchev–Trinajstić information content (AvgIpc) is 2.46. The van der Waals surface area contributed by atoms with Crippen LogP contribution in [0, 0.1) is 11.8 Å². The Labute approximate surface area is 151 Å². The number of piperidine rings is 1. The summed E-state index contributed by atoms with van der Waals surface area (Å²) >= 11 is 9.51. The quantitative estimate of drug-likeness (QED) is 0.767. The number of amides is 1. The van der Waals surface area contributed by atoms with Gasteiger partial charge >= 0.3 is 0 Å². The van der Waals surface area contributed by atoms with Crippen LogP contribution >= 0.6 is 27.5 Å². The summed E-state index contributed by atoms with van der Waals surface area (Å²) in [5, 5.41) is 0.645. The Kier molecular flexibility index (Phi) is 5.47. The molecule has 0 unspecified atom stereocenters. The Balaban J connectivity index is 1.51. The van der Waals surface area contributed by atoms with Crippen LogP contribution in [0.25, 0.3) is 0 Å². The highest BCUT2D eigenvalue weighted by atomic mass is 79.9. The molecule has 4 nitrogen and oxygen atoms in total. The molecule has 1 aromatic heterocycles. The molecule has 6 heteroatoms. The Morgan fingerprint density at radius 3 is 2.65 bits per heavy atom. The number of nitrogens with zero attached hydrogens (tertiary/aromatic N) is 3. The minimum atomic E-state index is 0.300. The number of carbonyl (C=O) groups is 1. The summed E-state index contributed by atoms with van der Waals surface area (Å²) < 4.78 is 0.945. The van der Waals surface area contributed by atoms with Gasteiger partial charge in [-0.25, -0.2) is 4.98 Å². The van der Waals surface area contributed by atoms with Gasteiger partial charge in [-0.1, -0.05) is 18.0 Å². The van der Waals surface area contributed by atoms with E-state index >= 15 is 0 Å². The van der Waals surface area contributed by atoms with Crippen LogP contribution in [0.15, 0.2) is 16.7 Å². The van der Waals surface area contributed by atoms with Gasteiger partial charge in [-0.05, 0) is 53.6 Å². The number of pyridine rings is 1. The van der Waals surface area contributed by atoms with Gasteiger partial charge in [0.05, 0.1) is 9.50 Å². The van der Waals surface area contributed by atoms with Crippen molar-refractivity contribution in [1.29, 1.82) is 0 Å². The van der Waals surface area contributed by atoms with Crippen molar-refractivity contribution in [2.75, 3.05) is 31.6 Å². The molecule has 1 aliphatic carbocycles. The first-order valence-corrected chi connectivity index (χ1v) is 9.52. The van der Waals surface area contributed by atoms with Crippen LogP contribution in [0.4, 0.5) is 5.82 Å². The van der Waals surface area contributed by atoms with E-state index in [1.165, 1.54) is 6.42 Å². The summed E-state index contributed by atoms with van der Waals surface area (Å²) in [5.74, 6) is 2.20. The summed E-state index contributed by atoms with van der Waals surface area (Å²) in [6, 6.07) is 1.89. The van der Waals surface area contributed by atoms with Gasteiger partial charge in [0, 0.05) is 38.8 Å². The summed E-state index contributed by atoms with van der Waals surface area (Å²) in [7, 11) is 1.96. The third kappa shape index (κ3) is 4.00. The van der Waals surface area contributed by atoms with E-state index in [1.807, 2.05) is 18.0 Å². The molecule has 1 amide bonds.